The summed E-state index contributed by atoms with van der Waals surface area (Å²) in [6.07, 6.45) is 0. The van der Waals surface area contributed by atoms with E-state index >= 15 is 0 Å². The Labute approximate surface area is 91.8 Å². The van der Waals surface area contributed by atoms with Crippen LogP contribution in [-0.2, 0) is 19.1 Å². The molecular formula is C9H12N2O5. The maximum absolute atomic E-state index is 11.4. The Hall–Kier alpha value is -2.05. The van der Waals surface area contributed by atoms with Crippen molar-refractivity contribution < 1.29 is 23.9 Å². The summed E-state index contributed by atoms with van der Waals surface area (Å²) in [6, 6.07) is -0.693. The lowest BCUT2D eigenvalue weighted by Gasteiger charge is -2.08. The molecule has 0 atom stereocenters. The topological polar surface area (TPSA) is 93.7 Å². The zero-order valence-corrected chi connectivity index (χ0v) is 8.96. The number of ether oxygens (including phenoxy) is 2. The zero-order valence-electron chi connectivity index (χ0n) is 8.96. The summed E-state index contributed by atoms with van der Waals surface area (Å²) in [5.74, 6) is -1.77. The molecule has 0 saturated carbocycles. The third-order valence-electron chi connectivity index (χ3n) is 1.67. The van der Waals surface area contributed by atoms with Crippen LogP contribution in [0.5, 0.6) is 0 Å². The number of rotatable bonds is 4. The van der Waals surface area contributed by atoms with Crippen molar-refractivity contribution in [2.24, 2.45) is 0 Å². The molecule has 7 heteroatoms. The number of urea groups is 1. The average molecular weight is 228 g/mol. The maximum Gasteiger partial charge on any atom is 0.376 e. The van der Waals surface area contributed by atoms with Gasteiger partial charge < -0.3 is 9.47 Å². The van der Waals surface area contributed by atoms with Crippen LogP contribution in [0.1, 0.15) is 13.8 Å². The quantitative estimate of drug-likeness (QED) is 0.296. The molecular weight excluding hydrogens is 216 g/mol. The minimum absolute atomic E-state index is 0.151. The number of hydrogen-bond acceptors (Lipinski definition) is 5. The van der Waals surface area contributed by atoms with Crippen LogP contribution >= 0.6 is 0 Å². The van der Waals surface area contributed by atoms with E-state index < -0.39 is 17.9 Å². The number of hydrogen-bond donors (Lipinski definition) is 2. The van der Waals surface area contributed by atoms with Gasteiger partial charge in [0.15, 0.2) is 5.70 Å². The maximum atomic E-state index is 11.4. The van der Waals surface area contributed by atoms with E-state index in [9.17, 15) is 14.4 Å². The van der Waals surface area contributed by atoms with Gasteiger partial charge in [-0.25, -0.2) is 9.59 Å². The summed E-state index contributed by atoms with van der Waals surface area (Å²) < 4.78 is 9.69. The van der Waals surface area contributed by atoms with Crippen LogP contribution in [0.25, 0.3) is 0 Å². The van der Waals surface area contributed by atoms with Gasteiger partial charge in [-0.05, 0) is 13.8 Å². The third kappa shape index (κ3) is 2.50. The van der Waals surface area contributed by atoms with Gasteiger partial charge in [-0.3, -0.25) is 15.4 Å². The molecule has 0 bridgehead atoms. The van der Waals surface area contributed by atoms with Gasteiger partial charge in [0, 0.05) is 0 Å². The number of carbonyl (C=O) groups excluding carboxylic acids is 3. The number of esters is 1. The summed E-state index contributed by atoms with van der Waals surface area (Å²) >= 11 is 0. The Morgan fingerprint density at radius 3 is 2.19 bits per heavy atom. The van der Waals surface area contributed by atoms with Gasteiger partial charge in [0.1, 0.15) is 0 Å². The monoisotopic (exact) mass is 228 g/mol. The molecule has 1 aliphatic heterocycles. The van der Waals surface area contributed by atoms with Gasteiger partial charge >= 0.3 is 12.0 Å². The third-order valence-corrected chi connectivity index (χ3v) is 1.67. The van der Waals surface area contributed by atoms with Crippen molar-refractivity contribution >= 4 is 17.9 Å². The van der Waals surface area contributed by atoms with Crippen molar-refractivity contribution in [3.05, 3.63) is 11.5 Å². The molecule has 16 heavy (non-hydrogen) atoms. The summed E-state index contributed by atoms with van der Waals surface area (Å²) in [7, 11) is 0. The van der Waals surface area contributed by atoms with Gasteiger partial charge in [-0.15, -0.1) is 0 Å². The first kappa shape index (κ1) is 12.0. The van der Waals surface area contributed by atoms with E-state index in [1.165, 1.54) is 0 Å². The highest BCUT2D eigenvalue weighted by Crippen LogP contribution is 2.10. The van der Waals surface area contributed by atoms with E-state index in [2.05, 4.69) is 5.32 Å². The van der Waals surface area contributed by atoms with Crippen molar-refractivity contribution in [3.8, 4) is 0 Å². The molecule has 0 spiro atoms. The number of imide groups is 1. The van der Waals surface area contributed by atoms with Gasteiger partial charge in [-0.2, -0.15) is 0 Å². The summed E-state index contributed by atoms with van der Waals surface area (Å²) in [6.45, 7) is 3.60. The Kier molecular flexibility index (Phi) is 3.87. The van der Waals surface area contributed by atoms with Gasteiger partial charge in [-0.1, -0.05) is 0 Å². The molecule has 1 heterocycles. The molecule has 3 amide bonds. The molecule has 0 aliphatic carbocycles. The second kappa shape index (κ2) is 5.15. The second-order valence-electron chi connectivity index (χ2n) is 2.77. The molecule has 0 unspecified atom stereocenters. The van der Waals surface area contributed by atoms with E-state index in [0.717, 1.165) is 0 Å². The van der Waals surface area contributed by atoms with Crippen LogP contribution in [0, 0.1) is 0 Å². The molecule has 88 valence electrons. The van der Waals surface area contributed by atoms with Crippen molar-refractivity contribution in [1.82, 2.24) is 10.6 Å². The minimum Gasteiger partial charge on any atom is -0.485 e. The Balaban J connectivity index is 2.99. The van der Waals surface area contributed by atoms with Crippen molar-refractivity contribution in [3.63, 3.8) is 0 Å². The second-order valence-corrected chi connectivity index (χ2v) is 2.77. The largest absolute Gasteiger partial charge is 0.485 e. The summed E-state index contributed by atoms with van der Waals surface area (Å²) in [5, 5.41) is 4.15. The van der Waals surface area contributed by atoms with E-state index in [-0.39, 0.29) is 24.7 Å². The lowest BCUT2D eigenvalue weighted by Crippen LogP contribution is -2.22. The molecule has 7 nitrogen and oxygen atoms in total. The van der Waals surface area contributed by atoms with Crippen molar-refractivity contribution in [2.75, 3.05) is 13.2 Å². The smallest absolute Gasteiger partial charge is 0.376 e. The van der Waals surface area contributed by atoms with Crippen LogP contribution in [-0.4, -0.2) is 31.1 Å². The average Bonchev–Trinajstić information content (AvgIpc) is 2.54. The first-order chi connectivity index (χ1) is 7.60. The number of amides is 3. The predicted molar refractivity (Wildman–Crippen MR) is 52.0 cm³/mol. The van der Waals surface area contributed by atoms with Crippen LogP contribution in [0.2, 0.25) is 0 Å². The molecule has 1 rings (SSSR count). The number of carbonyl (C=O) groups is 3. The van der Waals surface area contributed by atoms with Crippen LogP contribution < -0.4 is 10.6 Å². The molecule has 0 radical (unpaired) electrons. The fourth-order valence-corrected chi connectivity index (χ4v) is 1.10. The highest BCUT2D eigenvalue weighted by Gasteiger charge is 2.31. The molecule has 1 aliphatic rings. The van der Waals surface area contributed by atoms with Gasteiger partial charge in [0.2, 0.25) is 5.76 Å². The highest BCUT2D eigenvalue weighted by atomic mass is 16.6. The van der Waals surface area contributed by atoms with Crippen molar-refractivity contribution in [1.29, 1.82) is 0 Å². The lowest BCUT2D eigenvalue weighted by atomic mass is 10.3. The molecule has 2 N–H and O–H groups in total. The Morgan fingerprint density at radius 1 is 1.12 bits per heavy atom. The first-order valence-electron chi connectivity index (χ1n) is 4.76. The molecule has 0 aromatic heterocycles. The molecule has 1 saturated heterocycles. The minimum atomic E-state index is -0.781. The summed E-state index contributed by atoms with van der Waals surface area (Å²) in [5.41, 5.74) is -0.217. The normalized spacial score (nSPS) is 17.6. The molecule has 0 aromatic carbocycles. The van der Waals surface area contributed by atoms with Crippen molar-refractivity contribution in [2.45, 2.75) is 13.8 Å². The molecule has 1 fully saturated rings. The fourth-order valence-electron chi connectivity index (χ4n) is 1.10. The summed E-state index contributed by atoms with van der Waals surface area (Å²) in [4.78, 5) is 33.6. The predicted octanol–water partition coefficient (Wildman–Crippen LogP) is -0.363. The SMILES string of the molecule is CCOC(=O)/C(OCC)=C1/NC(=O)NC1=O. The zero-order chi connectivity index (χ0) is 12.1. The Morgan fingerprint density at radius 2 is 1.75 bits per heavy atom. The number of nitrogens with one attached hydrogen (secondary N) is 2. The van der Waals surface area contributed by atoms with Crippen LogP contribution in [0.4, 0.5) is 4.79 Å². The molecule has 0 aromatic rings. The van der Waals surface area contributed by atoms with E-state index in [1.54, 1.807) is 13.8 Å². The van der Waals surface area contributed by atoms with Gasteiger partial charge in [0.05, 0.1) is 13.2 Å². The van der Waals surface area contributed by atoms with E-state index in [1.807, 2.05) is 5.32 Å². The first-order valence-corrected chi connectivity index (χ1v) is 4.76. The van der Waals surface area contributed by atoms with Gasteiger partial charge in [0.25, 0.3) is 5.91 Å². The van der Waals surface area contributed by atoms with Crippen LogP contribution in [0.3, 0.4) is 0 Å². The highest BCUT2D eigenvalue weighted by molar-refractivity contribution is 6.14. The standard InChI is InChI=1S/C9H12N2O5/c1-3-15-6(8(13)16-4-2)5-7(12)11-9(14)10-5/h3-4H2,1-2H3,(H2,10,11,12,14)/b6-5-. The van der Waals surface area contributed by atoms with E-state index in [4.69, 9.17) is 9.47 Å². The van der Waals surface area contributed by atoms with Crippen LogP contribution in [0.15, 0.2) is 11.5 Å². The fraction of sp³-hybridized carbons (Fsp3) is 0.444. The lowest BCUT2D eigenvalue weighted by molar-refractivity contribution is -0.143. The Bertz CT molecular complexity index is 361. The van der Waals surface area contributed by atoms with E-state index in [0.29, 0.717) is 0 Å².